The number of hydrogen-bond acceptors (Lipinski definition) is 5. The van der Waals surface area contributed by atoms with Crippen LogP contribution in [0.15, 0.2) is 42.5 Å². The summed E-state index contributed by atoms with van der Waals surface area (Å²) in [5.41, 5.74) is 3.97. The lowest BCUT2D eigenvalue weighted by molar-refractivity contribution is -0.159. The van der Waals surface area contributed by atoms with E-state index in [4.69, 9.17) is 14.2 Å². The average molecular weight is 460 g/mol. The minimum Gasteiger partial charge on any atom is -0.454 e. The Balaban J connectivity index is 1.34. The maximum Gasteiger partial charge on any atom is 0.246 e. The molecule has 2 saturated heterocycles. The third kappa shape index (κ3) is 2.94. The van der Waals surface area contributed by atoms with E-state index in [1.807, 2.05) is 36.4 Å². The molecule has 0 saturated carbocycles. The predicted octanol–water partition coefficient (Wildman–Crippen LogP) is 2.76. The Bertz CT molecular complexity index is 1310. The molecule has 8 nitrogen and oxygen atoms in total. The van der Waals surface area contributed by atoms with Gasteiger partial charge in [0.05, 0.1) is 18.7 Å². The van der Waals surface area contributed by atoms with Crippen molar-refractivity contribution < 1.29 is 23.8 Å². The molecule has 2 aromatic carbocycles. The van der Waals surface area contributed by atoms with E-state index in [9.17, 15) is 9.59 Å². The number of amides is 2. The molecule has 3 aromatic rings. The lowest BCUT2D eigenvalue weighted by Crippen LogP contribution is -2.63. The maximum atomic E-state index is 13.7. The van der Waals surface area contributed by atoms with Gasteiger partial charge in [0.25, 0.3) is 0 Å². The van der Waals surface area contributed by atoms with Crippen LogP contribution >= 0.6 is 0 Å². The number of para-hydroxylation sites is 1. The highest BCUT2D eigenvalue weighted by Crippen LogP contribution is 2.45. The van der Waals surface area contributed by atoms with E-state index in [0.29, 0.717) is 24.5 Å². The maximum absolute atomic E-state index is 13.7. The highest BCUT2D eigenvalue weighted by Gasteiger charge is 2.48. The number of hydrogen-bond donors (Lipinski definition) is 1. The summed E-state index contributed by atoms with van der Waals surface area (Å²) in [6, 6.07) is 12.9. The molecular formula is C26H25N3O5. The van der Waals surface area contributed by atoms with E-state index in [0.717, 1.165) is 47.2 Å². The summed E-state index contributed by atoms with van der Waals surface area (Å²) >= 11 is 0. The van der Waals surface area contributed by atoms with Crippen LogP contribution in [0.3, 0.4) is 0 Å². The van der Waals surface area contributed by atoms with Gasteiger partial charge in [-0.25, -0.2) is 0 Å². The second-order valence-corrected chi connectivity index (χ2v) is 9.45. The van der Waals surface area contributed by atoms with Crippen LogP contribution in [0.5, 0.6) is 11.5 Å². The topological polar surface area (TPSA) is 84.1 Å². The molecular weight excluding hydrogens is 434 g/mol. The van der Waals surface area contributed by atoms with E-state index in [1.54, 1.807) is 9.80 Å². The van der Waals surface area contributed by atoms with Crippen molar-refractivity contribution in [1.29, 1.82) is 0 Å². The van der Waals surface area contributed by atoms with Gasteiger partial charge in [-0.1, -0.05) is 24.3 Å². The standard InChI is InChI=1S/C26H25N3O5/c30-23-13-28(12-16-4-3-9-32-16)26(31)20-11-18-17-5-1-2-6-19(17)27-24(18)25(29(20)23)15-7-8-21-22(10-15)34-14-33-21/h1-2,5-8,10,16,20,25,27H,3-4,9,11-14H2/t16?,20-,25+/m1/s1. The molecule has 2 amide bonds. The molecule has 4 aliphatic heterocycles. The number of fused-ring (bicyclic) bond motifs is 5. The molecule has 4 aliphatic rings. The summed E-state index contributed by atoms with van der Waals surface area (Å²) in [6.07, 6.45) is 2.44. The molecule has 8 heteroatoms. The van der Waals surface area contributed by atoms with Gasteiger partial charge in [-0.3, -0.25) is 9.59 Å². The highest BCUT2D eigenvalue weighted by atomic mass is 16.7. The summed E-state index contributed by atoms with van der Waals surface area (Å²) in [4.78, 5) is 34.4. The van der Waals surface area contributed by atoms with Gasteiger partial charge >= 0.3 is 0 Å². The second kappa shape index (κ2) is 7.50. The molecule has 34 heavy (non-hydrogen) atoms. The van der Waals surface area contributed by atoms with Crippen molar-refractivity contribution in [3.63, 3.8) is 0 Å². The number of benzene rings is 2. The van der Waals surface area contributed by atoms with E-state index >= 15 is 0 Å². The third-order valence-electron chi connectivity index (χ3n) is 7.50. The SMILES string of the molecule is O=C1[C@H]2Cc3c([nH]c4ccccc34)[C@H](c3ccc4c(c3)OCO4)N2C(=O)CN1CC1CCCO1. The van der Waals surface area contributed by atoms with E-state index < -0.39 is 12.1 Å². The van der Waals surface area contributed by atoms with Crippen molar-refractivity contribution in [2.45, 2.75) is 37.5 Å². The van der Waals surface area contributed by atoms with Crippen molar-refractivity contribution in [2.75, 3.05) is 26.5 Å². The normalized spacial score (nSPS) is 25.7. The van der Waals surface area contributed by atoms with Crippen molar-refractivity contribution in [1.82, 2.24) is 14.8 Å². The molecule has 174 valence electrons. The zero-order chi connectivity index (χ0) is 22.8. The van der Waals surface area contributed by atoms with Crippen LogP contribution in [0.25, 0.3) is 10.9 Å². The Hall–Kier alpha value is -3.52. The van der Waals surface area contributed by atoms with Crippen LogP contribution in [-0.4, -0.2) is 65.2 Å². The van der Waals surface area contributed by atoms with Gasteiger partial charge in [-0.05, 0) is 42.2 Å². The summed E-state index contributed by atoms with van der Waals surface area (Å²) in [5.74, 6) is 1.30. The number of aromatic amines is 1. The fraction of sp³-hybridized carbons (Fsp3) is 0.385. The molecule has 2 fully saturated rings. The molecule has 1 unspecified atom stereocenters. The zero-order valence-electron chi connectivity index (χ0n) is 18.7. The lowest BCUT2D eigenvalue weighted by Gasteiger charge is -2.47. The first-order valence-electron chi connectivity index (χ1n) is 11.9. The van der Waals surface area contributed by atoms with E-state index in [2.05, 4.69) is 11.1 Å². The van der Waals surface area contributed by atoms with E-state index in [-0.39, 0.29) is 31.3 Å². The van der Waals surface area contributed by atoms with Crippen molar-refractivity contribution in [3.05, 3.63) is 59.3 Å². The molecule has 7 rings (SSSR count). The minimum absolute atomic E-state index is 0.00299. The molecule has 5 heterocycles. The smallest absolute Gasteiger partial charge is 0.246 e. The second-order valence-electron chi connectivity index (χ2n) is 9.45. The molecule has 0 aliphatic carbocycles. The van der Waals surface area contributed by atoms with Crippen molar-refractivity contribution in [3.8, 4) is 11.5 Å². The Morgan fingerprint density at radius 2 is 1.94 bits per heavy atom. The number of rotatable bonds is 3. The first-order chi connectivity index (χ1) is 16.7. The highest BCUT2D eigenvalue weighted by molar-refractivity contribution is 5.97. The number of carbonyl (C=O) groups is 2. The number of H-pyrrole nitrogens is 1. The van der Waals surface area contributed by atoms with Gasteiger partial charge < -0.3 is 29.0 Å². The van der Waals surface area contributed by atoms with Crippen LogP contribution in [0.4, 0.5) is 0 Å². The van der Waals surface area contributed by atoms with E-state index in [1.165, 1.54) is 0 Å². The fourth-order valence-electron chi connectivity index (χ4n) is 5.94. The fourth-order valence-corrected chi connectivity index (χ4v) is 5.94. The summed E-state index contributed by atoms with van der Waals surface area (Å²) in [7, 11) is 0. The quantitative estimate of drug-likeness (QED) is 0.651. The third-order valence-corrected chi connectivity index (χ3v) is 7.50. The van der Waals surface area contributed by atoms with Crippen LogP contribution in [-0.2, 0) is 20.7 Å². The monoisotopic (exact) mass is 459 g/mol. The lowest BCUT2D eigenvalue weighted by atomic mass is 9.86. The largest absolute Gasteiger partial charge is 0.454 e. The van der Waals surface area contributed by atoms with Gasteiger partial charge in [-0.2, -0.15) is 0 Å². The van der Waals surface area contributed by atoms with Gasteiger partial charge in [0, 0.05) is 36.2 Å². The number of nitrogens with one attached hydrogen (secondary N) is 1. The molecule has 3 atom stereocenters. The number of nitrogens with zero attached hydrogens (tertiary/aromatic N) is 2. The number of ether oxygens (including phenoxy) is 3. The molecule has 1 aromatic heterocycles. The van der Waals surface area contributed by atoms with Gasteiger partial charge in [0.15, 0.2) is 11.5 Å². The van der Waals surface area contributed by atoms with Crippen molar-refractivity contribution >= 4 is 22.7 Å². The molecule has 1 N–H and O–H groups in total. The van der Waals surface area contributed by atoms with Crippen molar-refractivity contribution in [2.24, 2.45) is 0 Å². The van der Waals surface area contributed by atoms with Crippen LogP contribution < -0.4 is 9.47 Å². The van der Waals surface area contributed by atoms with Crippen LogP contribution in [0.2, 0.25) is 0 Å². The molecule has 0 bridgehead atoms. The summed E-state index contributed by atoms with van der Waals surface area (Å²) in [6.45, 7) is 1.46. The van der Waals surface area contributed by atoms with Gasteiger partial charge in [0.1, 0.15) is 6.04 Å². The summed E-state index contributed by atoms with van der Waals surface area (Å²) in [5, 5.41) is 1.10. The zero-order valence-corrected chi connectivity index (χ0v) is 18.7. The Kier molecular flexibility index (Phi) is 4.39. The Morgan fingerprint density at radius 1 is 1.06 bits per heavy atom. The first kappa shape index (κ1) is 19.9. The minimum atomic E-state index is -0.551. The van der Waals surface area contributed by atoms with Gasteiger partial charge in [-0.15, -0.1) is 0 Å². The molecule has 0 spiro atoms. The van der Waals surface area contributed by atoms with Crippen LogP contribution in [0.1, 0.15) is 35.7 Å². The Labute approximate surface area is 196 Å². The number of aromatic nitrogens is 1. The Morgan fingerprint density at radius 3 is 2.82 bits per heavy atom. The summed E-state index contributed by atoms with van der Waals surface area (Å²) < 4.78 is 16.9. The van der Waals surface area contributed by atoms with Gasteiger partial charge in [0.2, 0.25) is 18.6 Å². The number of carbonyl (C=O) groups excluding carboxylic acids is 2. The average Bonchev–Trinajstić information content (AvgIpc) is 3.60. The predicted molar refractivity (Wildman–Crippen MR) is 123 cm³/mol. The molecule has 0 radical (unpaired) electrons. The number of piperazine rings is 1. The first-order valence-corrected chi connectivity index (χ1v) is 11.9. The van der Waals surface area contributed by atoms with Crippen LogP contribution in [0, 0.1) is 0 Å².